The molecule has 2 rings (SSSR count). The van der Waals surface area contributed by atoms with E-state index in [9.17, 15) is 9.59 Å². The summed E-state index contributed by atoms with van der Waals surface area (Å²) < 4.78 is 10.2. The van der Waals surface area contributed by atoms with Gasteiger partial charge in [-0.1, -0.05) is 0 Å². The Kier molecular flexibility index (Phi) is 4.11. The van der Waals surface area contributed by atoms with E-state index in [1.165, 1.54) is 17.4 Å². The highest BCUT2D eigenvalue weighted by Gasteiger charge is 2.14. The molecule has 0 saturated carbocycles. The van der Waals surface area contributed by atoms with Crippen LogP contribution >= 0.6 is 27.3 Å². The van der Waals surface area contributed by atoms with Crippen molar-refractivity contribution in [3.63, 3.8) is 0 Å². The highest BCUT2D eigenvalue weighted by molar-refractivity contribution is 9.10. The van der Waals surface area contributed by atoms with Gasteiger partial charge in [0.25, 0.3) is 5.91 Å². The molecule has 2 aromatic rings. The lowest BCUT2D eigenvalue weighted by Gasteiger charge is -2.02. The van der Waals surface area contributed by atoms with Crippen LogP contribution in [0.3, 0.4) is 0 Å². The number of ether oxygens (including phenoxy) is 1. The first-order valence-corrected chi connectivity index (χ1v) is 6.44. The number of nitrogens with zero attached hydrogens (tertiary/aromatic N) is 1. The fourth-order valence-corrected chi connectivity index (χ4v) is 1.92. The fourth-order valence-electron chi connectivity index (χ4n) is 1.07. The van der Waals surface area contributed by atoms with Crippen molar-refractivity contribution in [2.45, 2.75) is 0 Å². The van der Waals surface area contributed by atoms with E-state index in [-0.39, 0.29) is 5.76 Å². The van der Waals surface area contributed by atoms with E-state index < -0.39 is 18.5 Å². The molecule has 0 spiro atoms. The van der Waals surface area contributed by atoms with Gasteiger partial charge in [-0.05, 0) is 28.1 Å². The summed E-state index contributed by atoms with van der Waals surface area (Å²) in [7, 11) is 0. The molecule has 2 aromatic heterocycles. The highest BCUT2D eigenvalue weighted by Crippen LogP contribution is 2.15. The Labute approximate surface area is 114 Å². The minimum atomic E-state index is -0.699. The zero-order chi connectivity index (χ0) is 13.0. The zero-order valence-corrected chi connectivity index (χ0v) is 11.3. The van der Waals surface area contributed by atoms with Crippen molar-refractivity contribution in [1.82, 2.24) is 4.98 Å². The Morgan fingerprint density at radius 1 is 1.50 bits per heavy atom. The summed E-state index contributed by atoms with van der Waals surface area (Å²) in [4.78, 5) is 26.7. The third-order valence-corrected chi connectivity index (χ3v) is 2.90. The number of nitrogens with one attached hydrogen (secondary N) is 1. The Morgan fingerprint density at radius 2 is 2.33 bits per heavy atom. The normalized spacial score (nSPS) is 10.1. The maximum absolute atomic E-state index is 11.4. The van der Waals surface area contributed by atoms with E-state index in [0.29, 0.717) is 9.80 Å². The topological polar surface area (TPSA) is 81.4 Å². The van der Waals surface area contributed by atoms with Crippen LogP contribution in [0.5, 0.6) is 0 Å². The smallest absolute Gasteiger partial charge is 0.374 e. The molecule has 6 nitrogen and oxygen atoms in total. The van der Waals surface area contributed by atoms with Crippen LogP contribution < -0.4 is 5.32 Å². The maximum Gasteiger partial charge on any atom is 0.374 e. The van der Waals surface area contributed by atoms with Crippen molar-refractivity contribution in [3.05, 3.63) is 34.1 Å². The van der Waals surface area contributed by atoms with Crippen LogP contribution in [0.25, 0.3) is 0 Å². The van der Waals surface area contributed by atoms with Gasteiger partial charge in [-0.25, -0.2) is 9.78 Å². The second kappa shape index (κ2) is 5.78. The van der Waals surface area contributed by atoms with Crippen LogP contribution in [0.2, 0.25) is 0 Å². The minimum absolute atomic E-state index is 0.0314. The first kappa shape index (κ1) is 12.8. The number of furan rings is 1. The number of carbonyl (C=O) groups is 2. The Bertz CT molecular complexity index is 552. The van der Waals surface area contributed by atoms with Crippen molar-refractivity contribution in [3.8, 4) is 0 Å². The number of thiazole rings is 1. The number of carbonyl (C=O) groups excluding carboxylic acids is 2. The van der Waals surface area contributed by atoms with Crippen molar-refractivity contribution >= 4 is 44.3 Å². The van der Waals surface area contributed by atoms with Crippen LogP contribution in [-0.4, -0.2) is 23.5 Å². The molecular formula is C10H7BrN2O4S. The van der Waals surface area contributed by atoms with Crippen molar-refractivity contribution in [2.24, 2.45) is 0 Å². The second-order valence-corrected chi connectivity index (χ2v) is 4.74. The number of rotatable bonds is 4. The van der Waals surface area contributed by atoms with Gasteiger partial charge in [0.05, 0.1) is 0 Å². The average Bonchev–Trinajstić information content (AvgIpc) is 2.97. The SMILES string of the molecule is O=C(COC(=O)c1ccc(Br)o1)Nc1nccs1. The molecule has 0 radical (unpaired) electrons. The van der Waals surface area contributed by atoms with Crippen LogP contribution in [-0.2, 0) is 9.53 Å². The minimum Gasteiger partial charge on any atom is -0.450 e. The monoisotopic (exact) mass is 330 g/mol. The molecule has 0 aliphatic heterocycles. The summed E-state index contributed by atoms with van der Waals surface area (Å²) in [6.45, 7) is -0.392. The van der Waals surface area contributed by atoms with Crippen LogP contribution in [0.1, 0.15) is 10.6 Å². The molecular weight excluding hydrogens is 324 g/mol. The molecule has 94 valence electrons. The summed E-state index contributed by atoms with van der Waals surface area (Å²) in [5.41, 5.74) is 0. The third-order valence-electron chi connectivity index (χ3n) is 1.79. The lowest BCUT2D eigenvalue weighted by atomic mass is 10.4. The van der Waals surface area contributed by atoms with Crippen molar-refractivity contribution in [1.29, 1.82) is 0 Å². The number of esters is 1. The molecule has 0 saturated heterocycles. The summed E-state index contributed by atoms with van der Waals surface area (Å²) in [6.07, 6.45) is 1.56. The quantitative estimate of drug-likeness (QED) is 0.870. The number of hydrogen-bond acceptors (Lipinski definition) is 6. The van der Waals surface area contributed by atoms with E-state index in [4.69, 9.17) is 9.15 Å². The zero-order valence-electron chi connectivity index (χ0n) is 8.88. The predicted octanol–water partition coefficient (Wildman–Crippen LogP) is 2.29. The molecule has 2 heterocycles. The van der Waals surface area contributed by atoms with Crippen molar-refractivity contribution in [2.75, 3.05) is 11.9 Å². The average molecular weight is 331 g/mol. The molecule has 0 unspecified atom stereocenters. The molecule has 1 amide bonds. The molecule has 0 aromatic carbocycles. The Morgan fingerprint density at radius 3 is 2.94 bits per heavy atom. The van der Waals surface area contributed by atoms with Gasteiger partial charge in [0.2, 0.25) is 5.76 Å². The fraction of sp³-hybridized carbons (Fsp3) is 0.100. The van der Waals surface area contributed by atoms with Gasteiger partial charge in [-0.3, -0.25) is 10.1 Å². The van der Waals surface area contributed by atoms with Crippen LogP contribution in [0, 0.1) is 0 Å². The third kappa shape index (κ3) is 3.41. The van der Waals surface area contributed by atoms with Gasteiger partial charge in [0, 0.05) is 11.6 Å². The van der Waals surface area contributed by atoms with Gasteiger partial charge in [-0.2, -0.15) is 0 Å². The Hall–Kier alpha value is -1.67. The molecule has 18 heavy (non-hydrogen) atoms. The summed E-state index contributed by atoms with van der Waals surface area (Å²) in [5.74, 6) is -1.12. The van der Waals surface area contributed by atoms with E-state index in [2.05, 4.69) is 26.2 Å². The molecule has 0 atom stereocenters. The van der Waals surface area contributed by atoms with E-state index in [1.807, 2.05) is 0 Å². The van der Waals surface area contributed by atoms with Gasteiger partial charge in [-0.15, -0.1) is 11.3 Å². The molecule has 0 aliphatic rings. The van der Waals surface area contributed by atoms with Gasteiger partial charge in [0.15, 0.2) is 16.4 Å². The lowest BCUT2D eigenvalue weighted by molar-refractivity contribution is -0.119. The standard InChI is InChI=1S/C10H7BrN2O4S/c11-7-2-1-6(17-7)9(15)16-5-8(14)13-10-12-3-4-18-10/h1-4H,5H2,(H,12,13,14). The number of amides is 1. The summed E-state index contributed by atoms with van der Waals surface area (Å²) >= 11 is 4.34. The molecule has 0 aliphatic carbocycles. The molecule has 8 heteroatoms. The van der Waals surface area contributed by atoms with E-state index in [1.54, 1.807) is 17.6 Å². The van der Waals surface area contributed by atoms with E-state index >= 15 is 0 Å². The van der Waals surface area contributed by atoms with Crippen LogP contribution in [0.15, 0.2) is 32.8 Å². The number of hydrogen-bond donors (Lipinski definition) is 1. The molecule has 0 fully saturated rings. The molecule has 0 bridgehead atoms. The van der Waals surface area contributed by atoms with Crippen LogP contribution in [0.4, 0.5) is 5.13 Å². The second-order valence-electron chi connectivity index (χ2n) is 3.07. The van der Waals surface area contributed by atoms with Gasteiger partial charge in [0.1, 0.15) is 0 Å². The maximum atomic E-state index is 11.4. The van der Waals surface area contributed by atoms with Crippen molar-refractivity contribution < 1.29 is 18.7 Å². The number of anilines is 1. The van der Waals surface area contributed by atoms with Gasteiger partial charge < -0.3 is 9.15 Å². The lowest BCUT2D eigenvalue weighted by Crippen LogP contribution is -2.20. The number of aromatic nitrogens is 1. The first-order valence-electron chi connectivity index (χ1n) is 4.77. The largest absolute Gasteiger partial charge is 0.450 e. The molecule has 1 N–H and O–H groups in total. The summed E-state index contributed by atoms with van der Waals surface area (Å²) in [6, 6.07) is 3.01. The summed E-state index contributed by atoms with van der Waals surface area (Å²) in [5, 5.41) is 4.66. The van der Waals surface area contributed by atoms with Gasteiger partial charge >= 0.3 is 5.97 Å². The highest BCUT2D eigenvalue weighted by atomic mass is 79.9. The predicted molar refractivity (Wildman–Crippen MR) is 67.4 cm³/mol. The number of halogens is 1. The Balaban J connectivity index is 1.81. The van der Waals surface area contributed by atoms with E-state index in [0.717, 1.165) is 0 Å². The first-order chi connectivity index (χ1) is 8.65.